The van der Waals surface area contributed by atoms with Crippen molar-refractivity contribution in [2.24, 2.45) is 0 Å². The highest BCUT2D eigenvalue weighted by atomic mass is 32.2. The van der Waals surface area contributed by atoms with E-state index >= 15 is 0 Å². The van der Waals surface area contributed by atoms with Gasteiger partial charge in [-0.05, 0) is 25.3 Å². The van der Waals surface area contributed by atoms with Crippen molar-refractivity contribution in [2.75, 3.05) is 11.7 Å². The second-order valence-corrected chi connectivity index (χ2v) is 3.75. The van der Waals surface area contributed by atoms with E-state index < -0.39 is 0 Å². The number of anilines is 1. The lowest BCUT2D eigenvalue weighted by molar-refractivity contribution is 0.867. The molecule has 0 radical (unpaired) electrons. The maximum absolute atomic E-state index is 10.8. The number of thioether (sulfide) groups is 1. The van der Waals surface area contributed by atoms with Crippen LogP contribution in [0.4, 0.5) is 5.69 Å². The molecule has 0 aliphatic rings. The molecule has 0 atom stereocenters. The fourth-order valence-electron chi connectivity index (χ4n) is 1.42. The summed E-state index contributed by atoms with van der Waals surface area (Å²) in [5, 5.41) is 15.8. The van der Waals surface area contributed by atoms with Gasteiger partial charge in [-0.3, -0.25) is 0 Å². The van der Waals surface area contributed by atoms with Crippen molar-refractivity contribution in [2.45, 2.75) is 11.9 Å². The van der Waals surface area contributed by atoms with E-state index in [0.29, 0.717) is 5.69 Å². The summed E-state index contributed by atoms with van der Waals surface area (Å²) in [4.78, 5) is 0. The van der Waals surface area contributed by atoms with E-state index in [-0.39, 0.29) is 0 Å². The molecule has 14 heavy (non-hydrogen) atoms. The van der Waals surface area contributed by atoms with Crippen LogP contribution in [0.25, 0.3) is 5.52 Å². The van der Waals surface area contributed by atoms with Gasteiger partial charge in [-0.1, -0.05) is 6.07 Å². The van der Waals surface area contributed by atoms with Gasteiger partial charge in [0.2, 0.25) is 0 Å². The minimum absolute atomic E-state index is 0.557. The molecular weight excluding hydrogens is 198 g/mol. The summed E-state index contributed by atoms with van der Waals surface area (Å²) in [7, 11) is 0. The molecular formula is C9H10N3OS-. The van der Waals surface area contributed by atoms with Crippen LogP contribution in [0, 0.1) is 12.1 Å². The van der Waals surface area contributed by atoms with Gasteiger partial charge < -0.3 is 10.7 Å². The molecule has 0 aliphatic heterocycles. The van der Waals surface area contributed by atoms with Gasteiger partial charge in [0.15, 0.2) is 0 Å². The zero-order chi connectivity index (χ0) is 10.1. The molecule has 1 N–H and O–H groups in total. The molecule has 2 rings (SSSR count). The number of pyridine rings is 1. The first kappa shape index (κ1) is 9.36. The van der Waals surface area contributed by atoms with E-state index in [1.54, 1.807) is 4.52 Å². The normalized spacial score (nSPS) is 10.8. The molecule has 0 amide bonds. The largest absolute Gasteiger partial charge is 0.761 e. The van der Waals surface area contributed by atoms with Crippen LogP contribution in [0.3, 0.4) is 0 Å². The smallest absolute Gasteiger partial charge is 0.141 e. The number of rotatable bonds is 2. The van der Waals surface area contributed by atoms with Gasteiger partial charge in [0.1, 0.15) is 5.03 Å². The molecule has 0 aromatic carbocycles. The summed E-state index contributed by atoms with van der Waals surface area (Å²) in [6.45, 7) is 1.96. The predicted octanol–water partition coefficient (Wildman–Crippen LogP) is 2.27. The monoisotopic (exact) mass is 208 g/mol. The highest BCUT2D eigenvalue weighted by molar-refractivity contribution is 7.98. The number of hydrogen-bond donors (Lipinski definition) is 1. The van der Waals surface area contributed by atoms with Crippen LogP contribution in [-0.4, -0.2) is 15.9 Å². The van der Waals surface area contributed by atoms with Crippen LogP contribution in [0.15, 0.2) is 23.2 Å². The van der Waals surface area contributed by atoms with E-state index in [1.165, 1.54) is 11.8 Å². The number of aromatic nitrogens is 2. The molecule has 0 saturated heterocycles. The molecule has 0 bridgehead atoms. The van der Waals surface area contributed by atoms with Crippen molar-refractivity contribution < 1.29 is 0 Å². The lowest BCUT2D eigenvalue weighted by Crippen LogP contribution is -1.91. The Morgan fingerprint density at radius 3 is 2.93 bits per heavy atom. The lowest BCUT2D eigenvalue weighted by Gasteiger charge is -2.08. The quantitative estimate of drug-likeness (QED) is 0.607. The molecule has 5 heteroatoms. The van der Waals surface area contributed by atoms with Crippen molar-refractivity contribution in [1.82, 2.24) is 9.61 Å². The summed E-state index contributed by atoms with van der Waals surface area (Å²) in [6.07, 6.45) is 1.90. The van der Waals surface area contributed by atoms with Crippen molar-refractivity contribution >= 4 is 23.0 Å². The Morgan fingerprint density at radius 1 is 1.50 bits per heavy atom. The Morgan fingerprint density at radius 2 is 2.29 bits per heavy atom. The van der Waals surface area contributed by atoms with E-state index in [1.807, 2.05) is 36.9 Å². The van der Waals surface area contributed by atoms with Gasteiger partial charge in [-0.25, -0.2) is 4.52 Å². The Balaban J connectivity index is 2.79. The number of aryl methyl sites for hydroxylation is 1. The SMILES string of the molecule is CSc1nn2c(C)cccc2c1N[O-]. The van der Waals surface area contributed by atoms with Gasteiger partial charge in [-0.2, -0.15) is 5.10 Å². The first-order valence-electron chi connectivity index (χ1n) is 4.18. The first-order valence-corrected chi connectivity index (χ1v) is 5.41. The maximum atomic E-state index is 10.8. The fraction of sp³-hybridized carbons (Fsp3) is 0.222. The summed E-state index contributed by atoms with van der Waals surface area (Å²) in [6, 6.07) is 5.75. The van der Waals surface area contributed by atoms with E-state index in [2.05, 4.69) is 5.10 Å². The minimum atomic E-state index is 0.557. The van der Waals surface area contributed by atoms with Crippen LogP contribution in [0.2, 0.25) is 0 Å². The average Bonchev–Trinajstić information content (AvgIpc) is 2.57. The molecule has 0 aliphatic carbocycles. The molecule has 4 nitrogen and oxygen atoms in total. The molecule has 0 unspecified atom stereocenters. The van der Waals surface area contributed by atoms with Crippen LogP contribution >= 0.6 is 11.8 Å². The fourth-order valence-corrected chi connectivity index (χ4v) is 1.93. The van der Waals surface area contributed by atoms with Gasteiger partial charge in [0.25, 0.3) is 0 Å². The van der Waals surface area contributed by atoms with Crippen LogP contribution in [0.1, 0.15) is 5.69 Å². The first-order chi connectivity index (χ1) is 6.77. The van der Waals surface area contributed by atoms with Crippen LogP contribution < -0.4 is 5.48 Å². The van der Waals surface area contributed by atoms with E-state index in [9.17, 15) is 5.21 Å². The Bertz CT molecular complexity index is 466. The van der Waals surface area contributed by atoms with Crippen LogP contribution in [0.5, 0.6) is 0 Å². The average molecular weight is 208 g/mol. The van der Waals surface area contributed by atoms with E-state index in [0.717, 1.165) is 16.2 Å². The number of fused-ring (bicyclic) bond motifs is 1. The minimum Gasteiger partial charge on any atom is -0.761 e. The number of nitrogens with zero attached hydrogens (tertiary/aromatic N) is 2. The summed E-state index contributed by atoms with van der Waals surface area (Å²) in [5.74, 6) is 0. The molecule has 2 aromatic heterocycles. The molecule has 0 fully saturated rings. The molecule has 0 saturated carbocycles. The Labute approximate surface area is 85.9 Å². The summed E-state index contributed by atoms with van der Waals surface area (Å²) in [5.41, 5.74) is 4.34. The molecule has 2 aromatic rings. The second-order valence-electron chi connectivity index (χ2n) is 2.95. The third kappa shape index (κ3) is 1.25. The highest BCUT2D eigenvalue weighted by Gasteiger charge is 2.09. The topological polar surface area (TPSA) is 52.4 Å². The van der Waals surface area contributed by atoms with E-state index in [4.69, 9.17) is 0 Å². The van der Waals surface area contributed by atoms with Crippen molar-refractivity contribution in [1.29, 1.82) is 0 Å². The standard InChI is InChI=1S/C9H10N3OS/c1-6-4-3-5-7-8(11-13)9(14-2)10-12(6)7/h3-5,11H,1-2H3/q-1. The molecule has 0 spiro atoms. The summed E-state index contributed by atoms with van der Waals surface area (Å²) >= 11 is 1.46. The predicted molar refractivity (Wildman–Crippen MR) is 58.7 cm³/mol. The summed E-state index contributed by atoms with van der Waals surface area (Å²) < 4.78 is 1.77. The Kier molecular flexibility index (Phi) is 2.35. The second kappa shape index (κ2) is 3.51. The van der Waals surface area contributed by atoms with Gasteiger partial charge in [0.05, 0.1) is 11.2 Å². The van der Waals surface area contributed by atoms with Crippen molar-refractivity contribution in [3.05, 3.63) is 29.1 Å². The lowest BCUT2D eigenvalue weighted by atomic mass is 10.3. The molecule has 74 valence electrons. The zero-order valence-electron chi connectivity index (χ0n) is 7.94. The third-order valence-electron chi connectivity index (χ3n) is 2.11. The van der Waals surface area contributed by atoms with Gasteiger partial charge in [0, 0.05) is 5.69 Å². The zero-order valence-corrected chi connectivity index (χ0v) is 8.76. The van der Waals surface area contributed by atoms with Crippen LogP contribution in [-0.2, 0) is 0 Å². The van der Waals surface area contributed by atoms with Crippen molar-refractivity contribution in [3.63, 3.8) is 0 Å². The highest BCUT2D eigenvalue weighted by Crippen LogP contribution is 2.28. The third-order valence-corrected chi connectivity index (χ3v) is 2.78. The van der Waals surface area contributed by atoms with Crippen molar-refractivity contribution in [3.8, 4) is 0 Å². The number of hydrogen-bond acceptors (Lipinski definition) is 4. The van der Waals surface area contributed by atoms with Gasteiger partial charge >= 0.3 is 0 Å². The van der Waals surface area contributed by atoms with Gasteiger partial charge in [-0.15, -0.1) is 11.8 Å². The number of nitrogens with one attached hydrogen (secondary N) is 1. The molecule has 2 heterocycles. The maximum Gasteiger partial charge on any atom is 0.141 e. The Hall–Kier alpha value is -1.20.